The topological polar surface area (TPSA) is 63.1 Å². The lowest BCUT2D eigenvalue weighted by molar-refractivity contribution is 0.340. The zero-order chi connectivity index (χ0) is 15.2. The van der Waals surface area contributed by atoms with Crippen molar-refractivity contribution in [3.8, 4) is 17.2 Å². The van der Waals surface area contributed by atoms with E-state index in [1.165, 1.54) is 14.2 Å². The summed E-state index contributed by atoms with van der Waals surface area (Å²) in [7, 11) is 2.94. The molecular weight excluding hydrogens is 292 g/mol. The summed E-state index contributed by atoms with van der Waals surface area (Å²) in [5, 5.41) is 14.5. The van der Waals surface area contributed by atoms with Crippen LogP contribution in [0.1, 0.15) is 5.56 Å². The number of methoxy groups -OCH3 is 2. The summed E-state index contributed by atoms with van der Waals surface area (Å²) in [6.07, 6.45) is 1.58. The van der Waals surface area contributed by atoms with Crippen LogP contribution in [0.2, 0.25) is 5.02 Å². The molecule has 0 aliphatic rings. The largest absolute Gasteiger partial charge is 0.502 e. The van der Waals surface area contributed by atoms with Crippen LogP contribution in [0.3, 0.4) is 0 Å². The number of ether oxygens (including phenoxy) is 2. The van der Waals surface area contributed by atoms with Gasteiger partial charge in [-0.2, -0.15) is 5.10 Å². The molecule has 2 aromatic carbocycles. The molecule has 0 saturated carbocycles. The molecule has 0 amide bonds. The molecule has 0 fully saturated rings. The van der Waals surface area contributed by atoms with Crippen molar-refractivity contribution in [3.05, 3.63) is 47.0 Å². The van der Waals surface area contributed by atoms with Crippen molar-refractivity contribution >= 4 is 23.5 Å². The lowest BCUT2D eigenvalue weighted by atomic mass is 10.2. The minimum Gasteiger partial charge on any atom is -0.502 e. The Balaban J connectivity index is 2.19. The molecule has 0 radical (unpaired) electrons. The summed E-state index contributed by atoms with van der Waals surface area (Å²) >= 11 is 6.01. The van der Waals surface area contributed by atoms with Crippen molar-refractivity contribution in [2.45, 2.75) is 0 Å². The van der Waals surface area contributed by atoms with Crippen LogP contribution in [-0.2, 0) is 0 Å². The van der Waals surface area contributed by atoms with Gasteiger partial charge in [-0.15, -0.1) is 0 Å². The van der Waals surface area contributed by atoms with E-state index in [1.54, 1.807) is 24.4 Å². The van der Waals surface area contributed by atoms with Crippen LogP contribution in [-0.4, -0.2) is 25.5 Å². The van der Waals surface area contributed by atoms with E-state index in [1.807, 2.05) is 18.2 Å². The highest BCUT2D eigenvalue weighted by Crippen LogP contribution is 2.36. The van der Waals surface area contributed by atoms with E-state index in [0.29, 0.717) is 27.8 Å². The van der Waals surface area contributed by atoms with Crippen molar-refractivity contribution in [1.82, 2.24) is 0 Å². The Hall–Kier alpha value is -2.40. The highest BCUT2D eigenvalue weighted by atomic mass is 35.5. The van der Waals surface area contributed by atoms with Crippen LogP contribution in [0.5, 0.6) is 17.2 Å². The molecular formula is C15H15ClN2O3. The maximum Gasteiger partial charge on any atom is 0.200 e. The second-order valence-corrected chi connectivity index (χ2v) is 4.53. The number of halogens is 1. The van der Waals surface area contributed by atoms with Gasteiger partial charge in [-0.1, -0.05) is 23.7 Å². The summed E-state index contributed by atoms with van der Waals surface area (Å²) < 4.78 is 10.2. The van der Waals surface area contributed by atoms with Crippen LogP contribution in [0.15, 0.2) is 41.5 Å². The molecule has 0 spiro atoms. The molecule has 2 N–H and O–H groups in total. The fraction of sp³-hybridized carbons (Fsp3) is 0.133. The average Bonchev–Trinajstić information content (AvgIpc) is 2.50. The summed E-state index contributed by atoms with van der Waals surface area (Å²) in [6.45, 7) is 0. The predicted octanol–water partition coefficient (Wildman–Crippen LogP) is 3.51. The molecule has 21 heavy (non-hydrogen) atoms. The summed E-state index contributed by atoms with van der Waals surface area (Å²) in [4.78, 5) is 0. The summed E-state index contributed by atoms with van der Waals surface area (Å²) in [5.74, 6) is 0.582. The number of rotatable bonds is 5. The van der Waals surface area contributed by atoms with Crippen molar-refractivity contribution in [1.29, 1.82) is 0 Å². The van der Waals surface area contributed by atoms with Crippen LogP contribution < -0.4 is 14.9 Å². The van der Waals surface area contributed by atoms with Gasteiger partial charge in [0.15, 0.2) is 11.5 Å². The Bertz CT molecular complexity index is 634. The zero-order valence-corrected chi connectivity index (χ0v) is 12.4. The van der Waals surface area contributed by atoms with E-state index in [4.69, 9.17) is 21.1 Å². The van der Waals surface area contributed by atoms with Gasteiger partial charge in [-0.3, -0.25) is 5.43 Å². The average molecular weight is 307 g/mol. The SMILES string of the molecule is COc1cc(/C=N/Nc2ccccc2Cl)cc(OC)c1O. The van der Waals surface area contributed by atoms with E-state index in [2.05, 4.69) is 10.5 Å². The van der Waals surface area contributed by atoms with Crippen molar-refractivity contribution in [3.63, 3.8) is 0 Å². The fourth-order valence-corrected chi connectivity index (χ4v) is 1.89. The molecule has 0 aliphatic heterocycles. The van der Waals surface area contributed by atoms with Gasteiger partial charge in [-0.25, -0.2) is 0 Å². The maximum atomic E-state index is 9.83. The molecule has 2 aromatic rings. The second kappa shape index (κ2) is 6.85. The normalized spacial score (nSPS) is 10.6. The van der Waals surface area contributed by atoms with Gasteiger partial charge < -0.3 is 14.6 Å². The number of phenols is 1. The third-order valence-corrected chi connectivity index (χ3v) is 3.10. The quantitative estimate of drug-likeness (QED) is 0.655. The molecule has 5 nitrogen and oxygen atoms in total. The Morgan fingerprint density at radius 1 is 1.14 bits per heavy atom. The first kappa shape index (κ1) is 15.0. The van der Waals surface area contributed by atoms with Gasteiger partial charge in [0.25, 0.3) is 0 Å². The van der Waals surface area contributed by atoms with Crippen LogP contribution in [0.4, 0.5) is 5.69 Å². The molecule has 0 atom stereocenters. The number of anilines is 1. The highest BCUT2D eigenvalue weighted by molar-refractivity contribution is 6.33. The third-order valence-electron chi connectivity index (χ3n) is 2.77. The third kappa shape index (κ3) is 3.58. The lowest BCUT2D eigenvalue weighted by Gasteiger charge is -2.09. The number of nitrogens with zero attached hydrogens (tertiary/aromatic N) is 1. The van der Waals surface area contributed by atoms with E-state index in [0.717, 1.165) is 0 Å². The predicted molar refractivity (Wildman–Crippen MR) is 83.9 cm³/mol. The first-order chi connectivity index (χ1) is 10.2. The Morgan fingerprint density at radius 2 is 1.76 bits per heavy atom. The maximum absolute atomic E-state index is 9.83. The van der Waals surface area contributed by atoms with Gasteiger partial charge in [0, 0.05) is 5.56 Å². The molecule has 0 aromatic heterocycles. The minimum absolute atomic E-state index is 0.0452. The van der Waals surface area contributed by atoms with Gasteiger partial charge in [-0.05, 0) is 24.3 Å². The van der Waals surface area contributed by atoms with Crippen molar-refractivity contribution < 1.29 is 14.6 Å². The number of nitrogens with one attached hydrogen (secondary N) is 1. The molecule has 110 valence electrons. The number of hydrazone groups is 1. The van der Waals surface area contributed by atoms with Crippen LogP contribution >= 0.6 is 11.6 Å². The number of benzene rings is 2. The first-order valence-electron chi connectivity index (χ1n) is 6.14. The van der Waals surface area contributed by atoms with Crippen molar-refractivity contribution in [2.75, 3.05) is 19.6 Å². The summed E-state index contributed by atoms with van der Waals surface area (Å²) in [5.41, 5.74) is 4.26. The zero-order valence-electron chi connectivity index (χ0n) is 11.6. The van der Waals surface area contributed by atoms with Crippen LogP contribution in [0, 0.1) is 0 Å². The summed E-state index contributed by atoms with van der Waals surface area (Å²) in [6, 6.07) is 10.6. The molecule has 6 heteroatoms. The second-order valence-electron chi connectivity index (χ2n) is 4.12. The van der Waals surface area contributed by atoms with Gasteiger partial charge in [0.05, 0.1) is 31.1 Å². The Kier molecular flexibility index (Phi) is 4.90. The van der Waals surface area contributed by atoms with Gasteiger partial charge in [0.2, 0.25) is 5.75 Å². The van der Waals surface area contributed by atoms with Crippen LogP contribution in [0.25, 0.3) is 0 Å². The van der Waals surface area contributed by atoms with Gasteiger partial charge >= 0.3 is 0 Å². The number of hydrogen-bond donors (Lipinski definition) is 2. The Morgan fingerprint density at radius 3 is 2.33 bits per heavy atom. The van der Waals surface area contributed by atoms with Gasteiger partial charge in [0.1, 0.15) is 0 Å². The lowest BCUT2D eigenvalue weighted by Crippen LogP contribution is -1.94. The molecule has 0 unspecified atom stereocenters. The number of phenolic OH excluding ortho intramolecular Hbond substituents is 1. The Labute approximate surface area is 127 Å². The van der Waals surface area contributed by atoms with E-state index in [9.17, 15) is 5.11 Å². The monoisotopic (exact) mass is 306 g/mol. The fourth-order valence-electron chi connectivity index (χ4n) is 1.72. The van der Waals surface area contributed by atoms with E-state index >= 15 is 0 Å². The van der Waals surface area contributed by atoms with Crippen molar-refractivity contribution in [2.24, 2.45) is 5.10 Å². The minimum atomic E-state index is -0.0452. The molecule has 0 heterocycles. The number of aromatic hydroxyl groups is 1. The van der Waals surface area contributed by atoms with E-state index < -0.39 is 0 Å². The molecule has 0 bridgehead atoms. The number of para-hydroxylation sites is 1. The first-order valence-corrected chi connectivity index (χ1v) is 6.52. The van der Waals surface area contributed by atoms with E-state index in [-0.39, 0.29) is 5.75 Å². The smallest absolute Gasteiger partial charge is 0.200 e. The standard InChI is InChI=1S/C15H15ClN2O3/c1-20-13-7-10(8-14(21-2)15(13)19)9-17-18-12-6-4-3-5-11(12)16/h3-9,18-19H,1-2H3/b17-9+. The molecule has 0 aliphatic carbocycles. The molecule has 2 rings (SSSR count). The highest BCUT2D eigenvalue weighted by Gasteiger charge is 2.10. The molecule has 0 saturated heterocycles. The number of hydrogen-bond acceptors (Lipinski definition) is 5.